The second kappa shape index (κ2) is 5.96. The van der Waals surface area contributed by atoms with Gasteiger partial charge in [0.15, 0.2) is 5.75 Å². The molecule has 1 aromatic rings. The molecule has 0 spiro atoms. The second-order valence-electron chi connectivity index (χ2n) is 3.31. The number of benzene rings is 1. The van der Waals surface area contributed by atoms with Crippen LogP contribution < -0.4 is 4.74 Å². The van der Waals surface area contributed by atoms with E-state index in [4.69, 9.17) is 15.4 Å². The Bertz CT molecular complexity index is 548. The van der Waals surface area contributed by atoms with E-state index in [-0.39, 0.29) is 30.2 Å². The summed E-state index contributed by atoms with van der Waals surface area (Å²) in [6.07, 6.45) is 0.0551. The van der Waals surface area contributed by atoms with Gasteiger partial charge in [-0.25, -0.2) is 12.8 Å². The zero-order chi connectivity index (χ0) is 13.8. The molecule has 0 aliphatic rings. The quantitative estimate of drug-likeness (QED) is 0.347. The van der Waals surface area contributed by atoms with Crippen LogP contribution >= 0.6 is 10.7 Å². The van der Waals surface area contributed by atoms with Crippen LogP contribution in [0.2, 0.25) is 0 Å². The number of hydrogen-bond donors (Lipinski definition) is 0. The van der Waals surface area contributed by atoms with Crippen LogP contribution in [0, 0.1) is 15.9 Å². The van der Waals surface area contributed by atoms with Gasteiger partial charge in [-0.15, -0.1) is 0 Å². The molecular formula is C9H9ClFNO5S. The van der Waals surface area contributed by atoms with Gasteiger partial charge in [-0.05, 0) is 12.5 Å². The van der Waals surface area contributed by atoms with Crippen molar-refractivity contribution in [1.82, 2.24) is 0 Å². The van der Waals surface area contributed by atoms with E-state index in [0.29, 0.717) is 0 Å². The molecule has 18 heavy (non-hydrogen) atoms. The molecule has 9 heteroatoms. The fourth-order valence-corrected chi connectivity index (χ4v) is 1.96. The van der Waals surface area contributed by atoms with Gasteiger partial charge in [0.2, 0.25) is 9.05 Å². The van der Waals surface area contributed by atoms with Crippen molar-refractivity contribution < 1.29 is 22.5 Å². The number of ether oxygens (including phenoxy) is 1. The molecule has 0 heterocycles. The molecular weight excluding hydrogens is 289 g/mol. The third kappa shape index (κ3) is 4.84. The Kier molecular flexibility index (Phi) is 4.85. The van der Waals surface area contributed by atoms with Gasteiger partial charge in [0.05, 0.1) is 17.3 Å². The maximum atomic E-state index is 12.9. The highest BCUT2D eigenvalue weighted by molar-refractivity contribution is 8.13. The van der Waals surface area contributed by atoms with Crippen molar-refractivity contribution in [2.24, 2.45) is 0 Å². The van der Waals surface area contributed by atoms with Crippen molar-refractivity contribution in [3.05, 3.63) is 34.1 Å². The van der Waals surface area contributed by atoms with E-state index in [1.54, 1.807) is 0 Å². The Morgan fingerprint density at radius 2 is 2.11 bits per heavy atom. The molecule has 6 nitrogen and oxygen atoms in total. The van der Waals surface area contributed by atoms with Gasteiger partial charge in [0.25, 0.3) is 0 Å². The number of rotatable bonds is 6. The highest BCUT2D eigenvalue weighted by Crippen LogP contribution is 2.27. The third-order valence-corrected chi connectivity index (χ3v) is 3.15. The molecule has 1 aromatic carbocycles. The van der Waals surface area contributed by atoms with Crippen LogP contribution in [0.1, 0.15) is 6.42 Å². The van der Waals surface area contributed by atoms with Crippen molar-refractivity contribution in [3.63, 3.8) is 0 Å². The zero-order valence-electron chi connectivity index (χ0n) is 9.01. The summed E-state index contributed by atoms with van der Waals surface area (Å²) in [5.74, 6) is -1.25. The van der Waals surface area contributed by atoms with Crippen LogP contribution in [0.5, 0.6) is 5.75 Å². The zero-order valence-corrected chi connectivity index (χ0v) is 10.6. The summed E-state index contributed by atoms with van der Waals surface area (Å²) < 4.78 is 39.1. The fraction of sp³-hybridized carbons (Fsp3) is 0.333. The minimum absolute atomic E-state index is 0.0551. The van der Waals surface area contributed by atoms with Crippen molar-refractivity contribution >= 4 is 25.4 Å². The summed E-state index contributed by atoms with van der Waals surface area (Å²) >= 11 is 0. The lowest BCUT2D eigenvalue weighted by Gasteiger charge is -2.05. The first kappa shape index (κ1) is 14.7. The SMILES string of the molecule is O=[N+]([O-])c1ccc(F)cc1OCCCS(=O)(=O)Cl. The predicted molar refractivity (Wildman–Crippen MR) is 62.8 cm³/mol. The standard InChI is InChI=1S/C9H9ClFNO5S/c10-18(15,16)5-1-4-17-9-6-7(11)2-3-8(9)12(13)14/h2-3,6H,1,4-5H2. The molecule has 0 amide bonds. The van der Waals surface area contributed by atoms with Crippen molar-refractivity contribution in [3.8, 4) is 5.75 Å². The lowest BCUT2D eigenvalue weighted by molar-refractivity contribution is -0.385. The summed E-state index contributed by atoms with van der Waals surface area (Å²) in [5, 5.41) is 10.6. The first-order chi connectivity index (χ1) is 8.29. The Morgan fingerprint density at radius 1 is 1.44 bits per heavy atom. The van der Waals surface area contributed by atoms with Gasteiger partial charge >= 0.3 is 5.69 Å². The van der Waals surface area contributed by atoms with E-state index in [1.165, 1.54) is 0 Å². The van der Waals surface area contributed by atoms with Crippen LogP contribution in [-0.2, 0) is 9.05 Å². The van der Waals surface area contributed by atoms with Crippen LogP contribution in [0.15, 0.2) is 18.2 Å². The molecule has 1 rings (SSSR count). The Balaban J connectivity index is 2.66. The minimum atomic E-state index is -3.63. The van der Waals surface area contributed by atoms with E-state index >= 15 is 0 Å². The number of halogens is 2. The molecule has 0 aromatic heterocycles. The molecule has 0 bridgehead atoms. The maximum absolute atomic E-state index is 12.9. The van der Waals surface area contributed by atoms with Gasteiger partial charge < -0.3 is 4.74 Å². The first-order valence-corrected chi connectivity index (χ1v) is 7.26. The lowest BCUT2D eigenvalue weighted by Crippen LogP contribution is -2.06. The molecule has 0 aliphatic carbocycles. The van der Waals surface area contributed by atoms with Crippen LogP contribution in [0.3, 0.4) is 0 Å². The second-order valence-corrected chi connectivity index (χ2v) is 6.21. The summed E-state index contributed by atoms with van der Waals surface area (Å²) in [7, 11) is 1.34. The topological polar surface area (TPSA) is 86.5 Å². The number of hydrogen-bond acceptors (Lipinski definition) is 5. The normalized spacial score (nSPS) is 11.2. The van der Waals surface area contributed by atoms with E-state index in [0.717, 1.165) is 18.2 Å². The molecule has 0 saturated heterocycles. The van der Waals surface area contributed by atoms with Gasteiger partial charge in [-0.3, -0.25) is 10.1 Å². The van der Waals surface area contributed by atoms with Gasteiger partial charge in [-0.1, -0.05) is 0 Å². The summed E-state index contributed by atoms with van der Waals surface area (Å²) in [5.41, 5.74) is -0.384. The molecule has 0 aliphatic heterocycles. The van der Waals surface area contributed by atoms with E-state index in [1.807, 2.05) is 0 Å². The van der Waals surface area contributed by atoms with E-state index < -0.39 is 19.8 Å². The lowest BCUT2D eigenvalue weighted by atomic mass is 10.3. The number of nitro groups is 1. The minimum Gasteiger partial charge on any atom is -0.487 e. The molecule has 0 atom stereocenters. The van der Waals surface area contributed by atoms with Crippen LogP contribution in [0.4, 0.5) is 10.1 Å². The predicted octanol–water partition coefficient (Wildman–Crippen LogP) is 2.07. The molecule has 0 saturated carbocycles. The average Bonchev–Trinajstić information content (AvgIpc) is 2.22. The Labute approximate surface area is 107 Å². The van der Waals surface area contributed by atoms with Crippen molar-refractivity contribution in [2.45, 2.75) is 6.42 Å². The monoisotopic (exact) mass is 297 g/mol. The summed E-state index contributed by atoms with van der Waals surface area (Å²) in [6, 6.07) is 2.78. The Hall–Kier alpha value is -1.41. The maximum Gasteiger partial charge on any atom is 0.311 e. The number of nitrogens with zero attached hydrogens (tertiary/aromatic N) is 1. The largest absolute Gasteiger partial charge is 0.487 e. The smallest absolute Gasteiger partial charge is 0.311 e. The van der Waals surface area contributed by atoms with Gasteiger partial charge in [-0.2, -0.15) is 0 Å². The number of nitro benzene ring substituents is 1. The van der Waals surface area contributed by atoms with Crippen molar-refractivity contribution in [2.75, 3.05) is 12.4 Å². The molecule has 0 N–H and O–H groups in total. The highest BCUT2D eigenvalue weighted by Gasteiger charge is 2.16. The first-order valence-electron chi connectivity index (χ1n) is 4.78. The summed E-state index contributed by atoms with van der Waals surface area (Å²) in [6.45, 7) is -0.115. The Morgan fingerprint density at radius 3 is 2.67 bits per heavy atom. The fourth-order valence-electron chi connectivity index (χ4n) is 1.17. The van der Waals surface area contributed by atoms with E-state index in [9.17, 15) is 22.9 Å². The average molecular weight is 298 g/mol. The molecule has 0 radical (unpaired) electrons. The van der Waals surface area contributed by atoms with Crippen molar-refractivity contribution in [1.29, 1.82) is 0 Å². The van der Waals surface area contributed by atoms with Gasteiger partial charge in [0, 0.05) is 22.8 Å². The van der Waals surface area contributed by atoms with E-state index in [2.05, 4.69) is 0 Å². The molecule has 0 fully saturated rings. The highest BCUT2D eigenvalue weighted by atomic mass is 35.7. The molecule has 100 valence electrons. The van der Waals surface area contributed by atoms with Crippen LogP contribution in [-0.4, -0.2) is 25.7 Å². The van der Waals surface area contributed by atoms with Gasteiger partial charge in [0.1, 0.15) is 5.82 Å². The van der Waals surface area contributed by atoms with Crippen LogP contribution in [0.25, 0.3) is 0 Å². The third-order valence-electron chi connectivity index (χ3n) is 1.91. The molecule has 0 unspecified atom stereocenters. The summed E-state index contributed by atoms with van der Waals surface area (Å²) in [4.78, 5) is 9.90.